The largest absolute Gasteiger partial charge is 0.378 e. The fourth-order valence-electron chi connectivity index (χ4n) is 4.90. The lowest BCUT2D eigenvalue weighted by Crippen LogP contribution is -2.59. The quantitative estimate of drug-likeness (QED) is 0.619. The van der Waals surface area contributed by atoms with E-state index in [1.54, 1.807) is 0 Å². The van der Waals surface area contributed by atoms with Crippen molar-refractivity contribution in [1.82, 2.24) is 25.9 Å². The van der Waals surface area contributed by atoms with Gasteiger partial charge in [0.1, 0.15) is 6.23 Å². The molecule has 4 unspecified atom stereocenters. The summed E-state index contributed by atoms with van der Waals surface area (Å²) in [4.78, 5) is 22.6. The smallest absolute Gasteiger partial charge is 0.225 e. The summed E-state index contributed by atoms with van der Waals surface area (Å²) in [5.41, 5.74) is 3.26. The fraction of sp³-hybridized carbons (Fsp3) is 0.950. The van der Waals surface area contributed by atoms with Gasteiger partial charge in [-0.1, -0.05) is 13.8 Å². The number of hydrogen-bond donors (Lipinski definition) is 3. The highest BCUT2D eigenvalue weighted by Gasteiger charge is 2.40. The molecule has 0 aromatic rings. The van der Waals surface area contributed by atoms with Crippen molar-refractivity contribution in [2.75, 3.05) is 39.9 Å². The summed E-state index contributed by atoms with van der Waals surface area (Å²) in [6, 6.07) is 0.540. The molecule has 0 bridgehead atoms. The zero-order chi connectivity index (χ0) is 19.7. The molecule has 0 aromatic carbocycles. The number of likely N-dealkylation sites (N-methyl/N-ethyl adjacent to an activating group) is 1. The van der Waals surface area contributed by atoms with Crippen LogP contribution in [0.25, 0.3) is 0 Å². The number of carbonyl (C=O) groups excluding carboxylic acids is 1. The van der Waals surface area contributed by atoms with E-state index < -0.39 is 0 Å². The standard InChI is InChI=1S/C20H37N5O3/c1-13(2)20(26)25-8-5-14(6-9-25)18-22-19(28-23-18)15-4-7-21-17(10-15)24(3)16-11-27-12-16/h13-19,21-23H,4-12H2,1-3H3. The van der Waals surface area contributed by atoms with Crippen LogP contribution in [0, 0.1) is 17.8 Å². The number of hydroxylamine groups is 1. The van der Waals surface area contributed by atoms with Crippen LogP contribution in [0.1, 0.15) is 39.5 Å². The van der Waals surface area contributed by atoms with Crippen LogP contribution in [0.2, 0.25) is 0 Å². The molecule has 8 nitrogen and oxygen atoms in total. The predicted octanol–water partition coefficient (Wildman–Crippen LogP) is 0.314. The molecule has 4 aliphatic heterocycles. The average molecular weight is 396 g/mol. The molecule has 8 heteroatoms. The topological polar surface area (TPSA) is 78.1 Å². The van der Waals surface area contributed by atoms with Crippen LogP contribution >= 0.6 is 0 Å². The number of ether oxygens (including phenoxy) is 1. The highest BCUT2D eigenvalue weighted by molar-refractivity contribution is 5.78. The lowest BCUT2D eigenvalue weighted by atomic mass is 9.91. The molecule has 4 heterocycles. The molecule has 4 rings (SSSR count). The summed E-state index contributed by atoms with van der Waals surface area (Å²) in [5, 5.41) is 7.36. The summed E-state index contributed by atoms with van der Waals surface area (Å²) in [6.45, 7) is 8.39. The molecule has 4 fully saturated rings. The van der Waals surface area contributed by atoms with Gasteiger partial charge in [0.2, 0.25) is 5.91 Å². The molecule has 0 saturated carbocycles. The maximum absolute atomic E-state index is 12.2. The Bertz CT molecular complexity index is 536. The second-order valence-corrected chi connectivity index (χ2v) is 9.23. The molecule has 3 N–H and O–H groups in total. The molecule has 0 aromatic heterocycles. The van der Waals surface area contributed by atoms with E-state index in [9.17, 15) is 4.79 Å². The molecule has 160 valence electrons. The molecular formula is C20H37N5O3. The van der Waals surface area contributed by atoms with Crippen LogP contribution in [-0.4, -0.2) is 80.2 Å². The van der Waals surface area contributed by atoms with Gasteiger partial charge in [-0.2, -0.15) is 5.48 Å². The van der Waals surface area contributed by atoms with Crippen LogP contribution < -0.4 is 16.1 Å². The summed E-state index contributed by atoms with van der Waals surface area (Å²) in [5.74, 6) is 1.37. The maximum atomic E-state index is 12.2. The number of nitrogens with zero attached hydrogens (tertiary/aromatic N) is 2. The number of hydrogen-bond acceptors (Lipinski definition) is 7. The van der Waals surface area contributed by atoms with Gasteiger partial charge >= 0.3 is 0 Å². The van der Waals surface area contributed by atoms with Gasteiger partial charge < -0.3 is 15.0 Å². The average Bonchev–Trinajstić information content (AvgIpc) is 3.16. The van der Waals surface area contributed by atoms with Crippen molar-refractivity contribution < 1.29 is 14.4 Å². The van der Waals surface area contributed by atoms with Crippen LogP contribution in [0.3, 0.4) is 0 Å². The first-order valence-electron chi connectivity index (χ1n) is 11.0. The Hall–Kier alpha value is -0.770. The van der Waals surface area contributed by atoms with Crippen LogP contribution in [0.15, 0.2) is 0 Å². The summed E-state index contributed by atoms with van der Waals surface area (Å²) in [6.07, 6.45) is 4.90. The predicted molar refractivity (Wildman–Crippen MR) is 106 cm³/mol. The minimum absolute atomic E-state index is 0.0657. The van der Waals surface area contributed by atoms with Crippen molar-refractivity contribution in [3.8, 4) is 0 Å². The van der Waals surface area contributed by atoms with Gasteiger partial charge in [-0.3, -0.25) is 19.8 Å². The Labute approximate surface area is 168 Å². The van der Waals surface area contributed by atoms with Crippen LogP contribution in [-0.2, 0) is 14.4 Å². The number of nitrogens with one attached hydrogen (secondary N) is 3. The van der Waals surface area contributed by atoms with Crippen molar-refractivity contribution in [3.63, 3.8) is 0 Å². The highest BCUT2D eigenvalue weighted by Crippen LogP contribution is 2.29. The van der Waals surface area contributed by atoms with E-state index in [4.69, 9.17) is 9.57 Å². The van der Waals surface area contributed by atoms with Crippen molar-refractivity contribution >= 4 is 5.91 Å². The fourth-order valence-corrected chi connectivity index (χ4v) is 4.90. The Kier molecular flexibility index (Phi) is 6.54. The van der Waals surface area contributed by atoms with Crippen molar-refractivity contribution in [2.45, 2.75) is 64.1 Å². The number of carbonyl (C=O) groups is 1. The van der Waals surface area contributed by atoms with E-state index in [1.165, 1.54) is 0 Å². The second-order valence-electron chi connectivity index (χ2n) is 9.23. The van der Waals surface area contributed by atoms with E-state index in [2.05, 4.69) is 28.1 Å². The molecule has 1 amide bonds. The Morgan fingerprint density at radius 1 is 1.14 bits per heavy atom. The summed E-state index contributed by atoms with van der Waals surface area (Å²) >= 11 is 0. The summed E-state index contributed by atoms with van der Waals surface area (Å²) < 4.78 is 5.35. The number of likely N-dealkylation sites (tertiary alicyclic amines) is 1. The van der Waals surface area contributed by atoms with Crippen molar-refractivity contribution in [1.29, 1.82) is 0 Å². The molecular weight excluding hydrogens is 358 g/mol. The summed E-state index contributed by atoms with van der Waals surface area (Å²) in [7, 11) is 2.20. The van der Waals surface area contributed by atoms with Crippen molar-refractivity contribution in [2.24, 2.45) is 17.8 Å². The van der Waals surface area contributed by atoms with Gasteiger partial charge in [-0.15, -0.1) is 0 Å². The zero-order valence-corrected chi connectivity index (χ0v) is 17.5. The monoisotopic (exact) mass is 395 g/mol. The minimum Gasteiger partial charge on any atom is -0.378 e. The van der Waals surface area contributed by atoms with E-state index >= 15 is 0 Å². The van der Waals surface area contributed by atoms with Gasteiger partial charge in [0, 0.05) is 24.9 Å². The van der Waals surface area contributed by atoms with Gasteiger partial charge in [-0.25, -0.2) is 0 Å². The molecule has 4 saturated heterocycles. The van der Waals surface area contributed by atoms with Gasteiger partial charge in [-0.05, 0) is 45.2 Å². The minimum atomic E-state index is 0.0657. The number of piperidine rings is 2. The third kappa shape index (κ3) is 4.37. The van der Waals surface area contributed by atoms with E-state index in [1.807, 2.05) is 18.7 Å². The molecule has 4 aliphatic rings. The van der Waals surface area contributed by atoms with Gasteiger partial charge in [0.05, 0.1) is 31.6 Å². The molecule has 0 spiro atoms. The first-order chi connectivity index (χ1) is 13.5. The molecule has 28 heavy (non-hydrogen) atoms. The first kappa shape index (κ1) is 20.5. The maximum Gasteiger partial charge on any atom is 0.225 e. The van der Waals surface area contributed by atoms with Crippen LogP contribution in [0.4, 0.5) is 0 Å². The lowest BCUT2D eigenvalue weighted by molar-refractivity contribution is -0.136. The zero-order valence-electron chi connectivity index (χ0n) is 17.5. The van der Waals surface area contributed by atoms with E-state index in [-0.39, 0.29) is 24.2 Å². The normalized spacial score (nSPS) is 35.5. The highest BCUT2D eigenvalue weighted by atomic mass is 16.7. The third-order valence-electron chi connectivity index (χ3n) is 7.02. The third-order valence-corrected chi connectivity index (χ3v) is 7.02. The second kappa shape index (κ2) is 8.93. The number of rotatable bonds is 5. The SMILES string of the molecule is CC(C)C(=O)N1CCC(C2NOC(C3CCNC(N(C)C4COC4)C3)N2)CC1. The molecule has 0 radical (unpaired) electrons. The lowest BCUT2D eigenvalue weighted by Gasteiger charge is -2.43. The van der Waals surface area contributed by atoms with Gasteiger partial charge in [0.25, 0.3) is 0 Å². The Morgan fingerprint density at radius 2 is 1.89 bits per heavy atom. The first-order valence-corrected chi connectivity index (χ1v) is 11.0. The molecule has 4 atom stereocenters. The van der Waals surface area contributed by atoms with Crippen LogP contribution in [0.5, 0.6) is 0 Å². The van der Waals surface area contributed by atoms with E-state index in [0.717, 1.165) is 58.5 Å². The van der Waals surface area contributed by atoms with Crippen molar-refractivity contribution in [3.05, 3.63) is 0 Å². The Morgan fingerprint density at radius 3 is 2.54 bits per heavy atom. The Balaban J connectivity index is 1.24. The number of amides is 1. The van der Waals surface area contributed by atoms with Gasteiger partial charge in [0.15, 0.2) is 0 Å². The van der Waals surface area contributed by atoms with E-state index in [0.29, 0.717) is 24.0 Å². The molecule has 0 aliphatic carbocycles.